The van der Waals surface area contributed by atoms with Gasteiger partial charge >= 0.3 is 0 Å². The van der Waals surface area contributed by atoms with Crippen molar-refractivity contribution in [2.45, 2.75) is 39.4 Å². The first-order chi connectivity index (χ1) is 14.9. The molecule has 1 N–H and O–H groups in total. The number of anilines is 1. The SMILES string of the molecule is CCOc1cc([C@H]2Nc3ccccc3C(=O)N2[C@H](C)CC)ccc1OCC(=O)N(C)C. The highest BCUT2D eigenvalue weighted by molar-refractivity contribution is 6.01. The van der Waals surface area contributed by atoms with Crippen molar-refractivity contribution in [2.75, 3.05) is 32.6 Å². The van der Waals surface area contributed by atoms with Crippen molar-refractivity contribution in [1.82, 2.24) is 9.80 Å². The van der Waals surface area contributed by atoms with Crippen molar-refractivity contribution in [3.05, 3.63) is 53.6 Å². The van der Waals surface area contributed by atoms with Gasteiger partial charge in [-0.3, -0.25) is 9.59 Å². The van der Waals surface area contributed by atoms with Crippen LogP contribution in [0, 0.1) is 0 Å². The summed E-state index contributed by atoms with van der Waals surface area (Å²) in [5.74, 6) is 0.913. The van der Waals surface area contributed by atoms with Crippen LogP contribution in [0.1, 0.15) is 49.3 Å². The number of hydrogen-bond acceptors (Lipinski definition) is 5. The van der Waals surface area contributed by atoms with Crippen LogP contribution in [-0.4, -0.2) is 55.0 Å². The highest BCUT2D eigenvalue weighted by atomic mass is 16.5. The van der Waals surface area contributed by atoms with Crippen molar-refractivity contribution in [3.8, 4) is 11.5 Å². The van der Waals surface area contributed by atoms with Gasteiger partial charge in [0.05, 0.1) is 12.2 Å². The van der Waals surface area contributed by atoms with E-state index < -0.39 is 0 Å². The molecule has 1 aliphatic rings. The number of hydrogen-bond donors (Lipinski definition) is 1. The zero-order valence-corrected chi connectivity index (χ0v) is 18.8. The molecule has 3 rings (SSSR count). The predicted octanol–water partition coefficient (Wildman–Crippen LogP) is 3.92. The van der Waals surface area contributed by atoms with E-state index in [4.69, 9.17) is 9.47 Å². The normalized spacial score (nSPS) is 16.2. The Morgan fingerprint density at radius 1 is 1.13 bits per heavy atom. The topological polar surface area (TPSA) is 71.1 Å². The number of para-hydroxylation sites is 1. The molecular weight excluding hydrogens is 394 g/mol. The molecule has 7 nitrogen and oxygen atoms in total. The lowest BCUT2D eigenvalue weighted by Crippen LogP contribution is -2.47. The van der Waals surface area contributed by atoms with Gasteiger partial charge < -0.3 is 24.6 Å². The molecule has 0 bridgehead atoms. The van der Waals surface area contributed by atoms with Gasteiger partial charge in [-0.1, -0.05) is 25.1 Å². The van der Waals surface area contributed by atoms with Gasteiger partial charge in [0, 0.05) is 25.8 Å². The number of amides is 2. The van der Waals surface area contributed by atoms with Crippen LogP contribution in [0.5, 0.6) is 11.5 Å². The van der Waals surface area contributed by atoms with Crippen LogP contribution < -0.4 is 14.8 Å². The molecular formula is C24H31N3O4. The first-order valence-corrected chi connectivity index (χ1v) is 10.6. The summed E-state index contributed by atoms with van der Waals surface area (Å²) < 4.78 is 11.5. The largest absolute Gasteiger partial charge is 0.490 e. The molecule has 2 aromatic rings. The van der Waals surface area contributed by atoms with Crippen LogP contribution in [-0.2, 0) is 4.79 Å². The van der Waals surface area contributed by atoms with Crippen LogP contribution in [0.4, 0.5) is 5.69 Å². The van der Waals surface area contributed by atoms with E-state index >= 15 is 0 Å². The summed E-state index contributed by atoms with van der Waals surface area (Å²) in [5, 5.41) is 3.51. The van der Waals surface area contributed by atoms with Crippen molar-refractivity contribution in [2.24, 2.45) is 0 Å². The summed E-state index contributed by atoms with van der Waals surface area (Å²) in [6.07, 6.45) is 0.493. The lowest BCUT2D eigenvalue weighted by molar-refractivity contribution is -0.130. The third kappa shape index (κ3) is 4.76. The van der Waals surface area contributed by atoms with Crippen LogP contribution in [0.3, 0.4) is 0 Å². The molecule has 1 aliphatic heterocycles. The fourth-order valence-electron chi connectivity index (χ4n) is 3.51. The maximum atomic E-state index is 13.3. The standard InChI is InChI=1S/C24H31N3O4/c1-6-16(3)27-23(25-19-11-9-8-10-18(19)24(27)29)17-12-13-20(21(14-17)30-7-2)31-15-22(28)26(4)5/h8-14,16,23,25H,6-7,15H2,1-5H3/t16-,23+/m1/s1. The zero-order chi connectivity index (χ0) is 22.5. The molecule has 2 aromatic carbocycles. The number of ether oxygens (including phenoxy) is 2. The minimum Gasteiger partial charge on any atom is -0.490 e. The summed E-state index contributed by atoms with van der Waals surface area (Å²) in [7, 11) is 3.37. The Bertz CT molecular complexity index is 944. The number of fused-ring (bicyclic) bond motifs is 1. The van der Waals surface area contributed by atoms with E-state index in [1.165, 1.54) is 4.90 Å². The molecule has 0 fully saturated rings. The maximum absolute atomic E-state index is 13.3. The Morgan fingerprint density at radius 2 is 1.87 bits per heavy atom. The quantitative estimate of drug-likeness (QED) is 0.694. The second kappa shape index (κ2) is 9.73. The number of likely N-dealkylation sites (N-methyl/N-ethyl adjacent to an activating group) is 1. The molecule has 0 unspecified atom stereocenters. The van der Waals surface area contributed by atoms with Gasteiger partial charge in [0.15, 0.2) is 18.1 Å². The Hall–Kier alpha value is -3.22. The van der Waals surface area contributed by atoms with E-state index in [0.29, 0.717) is 23.7 Å². The summed E-state index contributed by atoms with van der Waals surface area (Å²) in [4.78, 5) is 28.6. The van der Waals surface area contributed by atoms with Crippen molar-refractivity contribution in [1.29, 1.82) is 0 Å². The second-order valence-corrected chi connectivity index (χ2v) is 7.78. The third-order valence-electron chi connectivity index (χ3n) is 5.46. The van der Waals surface area contributed by atoms with Crippen molar-refractivity contribution >= 4 is 17.5 Å². The molecule has 0 spiro atoms. The van der Waals surface area contributed by atoms with E-state index in [1.807, 2.05) is 55.1 Å². The number of carbonyl (C=O) groups is 2. The molecule has 7 heteroatoms. The van der Waals surface area contributed by atoms with Gasteiger partial charge in [-0.05, 0) is 50.1 Å². The van der Waals surface area contributed by atoms with Crippen molar-refractivity contribution in [3.63, 3.8) is 0 Å². The Morgan fingerprint density at radius 3 is 2.55 bits per heavy atom. The highest BCUT2D eigenvalue weighted by Gasteiger charge is 2.35. The lowest BCUT2D eigenvalue weighted by atomic mass is 10.0. The van der Waals surface area contributed by atoms with Gasteiger partial charge in [0.2, 0.25) is 0 Å². The van der Waals surface area contributed by atoms with Crippen LogP contribution in [0.25, 0.3) is 0 Å². The molecule has 1 heterocycles. The average Bonchev–Trinajstić information content (AvgIpc) is 2.77. The smallest absolute Gasteiger partial charge is 0.259 e. The molecule has 2 atom stereocenters. The molecule has 31 heavy (non-hydrogen) atoms. The molecule has 0 radical (unpaired) electrons. The van der Waals surface area contributed by atoms with Gasteiger partial charge in [-0.25, -0.2) is 0 Å². The van der Waals surface area contributed by atoms with Gasteiger partial charge in [-0.15, -0.1) is 0 Å². The number of benzene rings is 2. The number of rotatable bonds is 8. The van der Waals surface area contributed by atoms with E-state index in [9.17, 15) is 9.59 Å². The molecule has 0 aliphatic carbocycles. The summed E-state index contributed by atoms with van der Waals surface area (Å²) in [6, 6.07) is 13.2. The molecule has 166 valence electrons. The van der Waals surface area contributed by atoms with Crippen LogP contribution in [0.15, 0.2) is 42.5 Å². The van der Waals surface area contributed by atoms with Gasteiger partial charge in [0.25, 0.3) is 11.8 Å². The average molecular weight is 426 g/mol. The molecule has 0 aromatic heterocycles. The number of nitrogens with zero attached hydrogens (tertiary/aromatic N) is 2. The highest BCUT2D eigenvalue weighted by Crippen LogP contribution is 2.38. The van der Waals surface area contributed by atoms with E-state index in [2.05, 4.69) is 12.2 Å². The van der Waals surface area contributed by atoms with Crippen molar-refractivity contribution < 1.29 is 19.1 Å². The van der Waals surface area contributed by atoms with E-state index in [0.717, 1.165) is 17.7 Å². The zero-order valence-electron chi connectivity index (χ0n) is 18.8. The predicted molar refractivity (Wildman–Crippen MR) is 121 cm³/mol. The summed E-state index contributed by atoms with van der Waals surface area (Å²) in [5.41, 5.74) is 2.37. The number of carbonyl (C=O) groups excluding carboxylic acids is 2. The Balaban J connectivity index is 1.96. The minimum absolute atomic E-state index is 0.00330. The van der Waals surface area contributed by atoms with E-state index in [-0.39, 0.29) is 30.6 Å². The first kappa shape index (κ1) is 22.5. The fourth-order valence-corrected chi connectivity index (χ4v) is 3.51. The second-order valence-electron chi connectivity index (χ2n) is 7.78. The molecule has 2 amide bonds. The Labute approximate surface area is 183 Å². The maximum Gasteiger partial charge on any atom is 0.259 e. The summed E-state index contributed by atoms with van der Waals surface area (Å²) in [6.45, 7) is 6.40. The Kier molecular flexibility index (Phi) is 7.05. The van der Waals surface area contributed by atoms with Gasteiger partial charge in [0.1, 0.15) is 6.17 Å². The summed E-state index contributed by atoms with van der Waals surface area (Å²) >= 11 is 0. The number of nitrogens with one attached hydrogen (secondary N) is 1. The third-order valence-corrected chi connectivity index (χ3v) is 5.46. The molecule has 0 saturated carbocycles. The lowest BCUT2D eigenvalue weighted by Gasteiger charge is -2.41. The first-order valence-electron chi connectivity index (χ1n) is 10.6. The van der Waals surface area contributed by atoms with E-state index in [1.54, 1.807) is 20.2 Å². The fraction of sp³-hybridized carbons (Fsp3) is 0.417. The minimum atomic E-state index is -0.339. The van der Waals surface area contributed by atoms with Crippen LogP contribution in [0.2, 0.25) is 0 Å². The van der Waals surface area contributed by atoms with Crippen LogP contribution >= 0.6 is 0 Å². The van der Waals surface area contributed by atoms with Gasteiger partial charge in [-0.2, -0.15) is 0 Å². The molecule has 0 saturated heterocycles. The monoisotopic (exact) mass is 425 g/mol.